The molecule has 37 heavy (non-hydrogen) atoms. The minimum Gasteiger partial charge on any atom is -0.457 e. The van der Waals surface area contributed by atoms with Crippen LogP contribution in [0.4, 0.5) is 16.2 Å². The summed E-state index contributed by atoms with van der Waals surface area (Å²) >= 11 is 1.42. The molecule has 0 aliphatic carbocycles. The molecule has 2 aromatic carbocycles. The highest BCUT2D eigenvalue weighted by Crippen LogP contribution is 2.51. The summed E-state index contributed by atoms with van der Waals surface area (Å²) in [4.78, 5) is 32.9. The molecule has 0 bridgehead atoms. The van der Waals surface area contributed by atoms with E-state index in [-0.39, 0.29) is 11.9 Å². The Balaban J connectivity index is 1.24. The van der Waals surface area contributed by atoms with Gasteiger partial charge in [-0.25, -0.2) is 9.78 Å². The first kappa shape index (κ1) is 23.8. The monoisotopic (exact) mass is 515 g/mol. The first-order valence-corrected chi connectivity index (χ1v) is 13.6. The number of aryl methyl sites for hydroxylation is 1. The number of rotatable bonds is 6. The Morgan fingerprint density at radius 2 is 2.00 bits per heavy atom. The van der Waals surface area contributed by atoms with Crippen LogP contribution in [-0.2, 0) is 4.79 Å². The third-order valence-corrected chi connectivity index (χ3v) is 8.38. The Hall–Kier alpha value is -3.56. The van der Waals surface area contributed by atoms with Crippen LogP contribution in [-0.4, -0.2) is 41.3 Å². The summed E-state index contributed by atoms with van der Waals surface area (Å²) in [6.07, 6.45) is 5.13. The van der Waals surface area contributed by atoms with Gasteiger partial charge < -0.3 is 20.7 Å². The number of carbonyl (C=O) groups excluding carboxylic acids is 2. The third kappa shape index (κ3) is 4.65. The van der Waals surface area contributed by atoms with Gasteiger partial charge in [0, 0.05) is 24.3 Å². The topological polar surface area (TPSA) is 95.6 Å². The average Bonchev–Trinajstić information content (AvgIpc) is 3.29. The minimum atomic E-state index is -0.457. The highest BCUT2D eigenvalue weighted by molar-refractivity contribution is 8.01. The van der Waals surface area contributed by atoms with Gasteiger partial charge in [0.2, 0.25) is 5.91 Å². The van der Waals surface area contributed by atoms with E-state index in [1.165, 1.54) is 24.6 Å². The molecule has 2 unspecified atom stereocenters. The van der Waals surface area contributed by atoms with Crippen molar-refractivity contribution >= 4 is 35.1 Å². The molecule has 0 spiro atoms. The summed E-state index contributed by atoms with van der Waals surface area (Å²) in [5.74, 6) is 1.38. The predicted octanol–water partition coefficient (Wildman–Crippen LogP) is 4.82. The van der Waals surface area contributed by atoms with Crippen molar-refractivity contribution in [1.29, 1.82) is 0 Å². The van der Waals surface area contributed by atoms with Gasteiger partial charge >= 0.3 is 6.03 Å². The van der Waals surface area contributed by atoms with Crippen LogP contribution < -0.4 is 25.6 Å². The number of urea groups is 1. The van der Waals surface area contributed by atoms with Gasteiger partial charge in [-0.1, -0.05) is 36.4 Å². The number of piperidine rings is 1. The number of ether oxygens (including phenoxy) is 1. The highest BCUT2D eigenvalue weighted by atomic mass is 32.2. The molecule has 1 saturated heterocycles. The van der Waals surface area contributed by atoms with Gasteiger partial charge in [0.15, 0.2) is 0 Å². The zero-order chi connectivity index (χ0) is 25.4. The Kier molecular flexibility index (Phi) is 6.48. The smallest absolute Gasteiger partial charge is 0.327 e. The fourth-order valence-corrected chi connectivity index (χ4v) is 6.51. The molecule has 8 nitrogen and oxygen atoms in total. The van der Waals surface area contributed by atoms with Crippen LogP contribution in [0.25, 0.3) is 0 Å². The minimum absolute atomic E-state index is 0.0707. The van der Waals surface area contributed by atoms with E-state index in [1.807, 2.05) is 61.5 Å². The fourth-order valence-electron chi connectivity index (χ4n) is 5.25. The van der Waals surface area contributed by atoms with Crippen molar-refractivity contribution in [2.24, 2.45) is 0 Å². The molecule has 6 rings (SSSR count). The zero-order valence-electron chi connectivity index (χ0n) is 20.6. The Labute approximate surface area is 220 Å². The molecule has 3 atom stereocenters. The maximum absolute atomic E-state index is 13.5. The second-order valence-corrected chi connectivity index (χ2v) is 10.7. The van der Waals surface area contributed by atoms with E-state index in [2.05, 4.69) is 20.9 Å². The van der Waals surface area contributed by atoms with Gasteiger partial charge in [-0.2, -0.15) is 0 Å². The zero-order valence-corrected chi connectivity index (χ0v) is 21.4. The number of hydrogen-bond acceptors (Lipinski definition) is 6. The van der Waals surface area contributed by atoms with Crippen LogP contribution in [0.1, 0.15) is 36.4 Å². The van der Waals surface area contributed by atoms with Crippen molar-refractivity contribution in [3.05, 3.63) is 71.9 Å². The van der Waals surface area contributed by atoms with Gasteiger partial charge in [-0.3, -0.25) is 9.69 Å². The molecule has 3 aliphatic rings. The number of nitrogens with zero attached hydrogens (tertiary/aromatic N) is 2. The van der Waals surface area contributed by atoms with Crippen molar-refractivity contribution < 1.29 is 14.3 Å². The normalized spacial score (nSPS) is 22.2. The largest absolute Gasteiger partial charge is 0.457 e. The summed E-state index contributed by atoms with van der Waals surface area (Å²) in [6, 6.07) is 16.7. The van der Waals surface area contributed by atoms with Crippen LogP contribution >= 0.6 is 11.8 Å². The molecule has 3 N–H and O–H groups in total. The van der Waals surface area contributed by atoms with E-state index >= 15 is 0 Å². The first-order valence-electron chi connectivity index (χ1n) is 12.7. The van der Waals surface area contributed by atoms with Crippen LogP contribution in [0.2, 0.25) is 0 Å². The Morgan fingerprint density at radius 1 is 1.14 bits per heavy atom. The van der Waals surface area contributed by atoms with E-state index < -0.39 is 11.3 Å². The quantitative estimate of drug-likeness (QED) is 0.436. The third-order valence-electron chi connectivity index (χ3n) is 7.09. The second-order valence-electron chi connectivity index (χ2n) is 9.61. The number of carbonyl (C=O) groups is 2. The summed E-state index contributed by atoms with van der Waals surface area (Å²) in [5.41, 5.74) is 3.31. The fraction of sp³-hybridized carbons (Fsp3) is 0.321. The number of nitrogens with one attached hydrogen (secondary N) is 3. The van der Waals surface area contributed by atoms with Crippen molar-refractivity contribution in [2.75, 3.05) is 18.0 Å². The van der Waals surface area contributed by atoms with Crippen LogP contribution in [0, 0.1) is 6.92 Å². The molecule has 1 fully saturated rings. The lowest BCUT2D eigenvalue weighted by atomic mass is 9.99. The molecule has 3 aromatic rings. The van der Waals surface area contributed by atoms with Gasteiger partial charge in [0.1, 0.15) is 21.8 Å². The summed E-state index contributed by atoms with van der Waals surface area (Å²) in [5, 5.41) is 9.98. The molecule has 0 radical (unpaired) electrons. The number of hydrogen-bond donors (Lipinski definition) is 3. The van der Waals surface area contributed by atoms with E-state index in [4.69, 9.17) is 4.74 Å². The molecule has 9 heteroatoms. The number of pyridine rings is 1. The lowest BCUT2D eigenvalue weighted by Crippen LogP contribution is -2.50. The number of aromatic nitrogens is 1. The molecular formula is C28H29N5O3S. The second kappa shape index (κ2) is 10.1. The highest BCUT2D eigenvalue weighted by Gasteiger charge is 2.46. The van der Waals surface area contributed by atoms with Crippen LogP contribution in [0.15, 0.2) is 65.8 Å². The van der Waals surface area contributed by atoms with E-state index in [0.29, 0.717) is 18.3 Å². The van der Waals surface area contributed by atoms with Crippen LogP contribution in [0.5, 0.6) is 11.5 Å². The summed E-state index contributed by atoms with van der Waals surface area (Å²) in [6.45, 7) is 3.54. The van der Waals surface area contributed by atoms with Crippen molar-refractivity contribution in [1.82, 2.24) is 20.9 Å². The molecule has 190 valence electrons. The average molecular weight is 516 g/mol. The van der Waals surface area contributed by atoms with E-state index in [1.54, 1.807) is 11.1 Å². The number of benzene rings is 2. The molecule has 4 heterocycles. The molecule has 1 aromatic heterocycles. The maximum atomic E-state index is 13.5. The number of para-hydroxylation sites is 1. The van der Waals surface area contributed by atoms with Gasteiger partial charge in [0.25, 0.3) is 0 Å². The van der Waals surface area contributed by atoms with Gasteiger partial charge in [-0.15, -0.1) is 0 Å². The van der Waals surface area contributed by atoms with Crippen molar-refractivity contribution in [3.8, 4) is 11.5 Å². The molecule has 3 aliphatic heterocycles. The SMILES string of the molecule is Cc1cc(Oc2ccccc2)ccc1N1C(=O)NC2c3c1ccnc3S[C@@H]2C(=O)NCC1CCCCN1. The van der Waals surface area contributed by atoms with E-state index in [9.17, 15) is 9.59 Å². The first-order chi connectivity index (χ1) is 18.1. The molecular weight excluding hydrogens is 486 g/mol. The number of amides is 3. The predicted molar refractivity (Wildman–Crippen MR) is 144 cm³/mol. The standard InChI is InChI=1S/C28H29N5O3S/c1-17-15-20(36-19-8-3-2-4-9-19)10-11-21(17)33-22-12-14-30-27-23(22)24(32-28(33)35)25(37-27)26(34)31-16-18-7-5-6-13-29-18/h2-4,8-12,14-15,18,24-25,29H,5-7,13,16H2,1H3,(H,31,34)(H,32,35)/t18?,24?,25-/m0/s1. The van der Waals surface area contributed by atoms with Gasteiger partial charge in [0.05, 0.1) is 17.4 Å². The van der Waals surface area contributed by atoms with Crippen molar-refractivity contribution in [2.45, 2.75) is 48.5 Å². The lowest BCUT2D eigenvalue weighted by molar-refractivity contribution is -0.121. The Bertz CT molecular complexity index is 1330. The van der Waals surface area contributed by atoms with Gasteiger partial charge in [-0.05, 0) is 68.3 Å². The maximum Gasteiger partial charge on any atom is 0.327 e. The number of thioether (sulfide) groups is 1. The van der Waals surface area contributed by atoms with Crippen LogP contribution in [0.3, 0.4) is 0 Å². The number of anilines is 2. The molecule has 3 amide bonds. The lowest BCUT2D eigenvalue weighted by Gasteiger charge is -2.35. The van der Waals surface area contributed by atoms with Crippen molar-refractivity contribution in [3.63, 3.8) is 0 Å². The summed E-state index contributed by atoms with van der Waals surface area (Å²) in [7, 11) is 0. The summed E-state index contributed by atoms with van der Waals surface area (Å²) < 4.78 is 5.97. The Morgan fingerprint density at radius 3 is 2.78 bits per heavy atom. The molecule has 0 saturated carbocycles. The van der Waals surface area contributed by atoms with E-state index in [0.717, 1.165) is 46.2 Å².